The lowest BCUT2D eigenvalue weighted by molar-refractivity contribution is 0.0464. The number of carbonyl (C=O) groups is 2. The van der Waals surface area contributed by atoms with Gasteiger partial charge in [-0.3, -0.25) is 0 Å². The summed E-state index contributed by atoms with van der Waals surface area (Å²) in [4.78, 5) is 24.8. The van der Waals surface area contributed by atoms with E-state index in [0.717, 1.165) is 57.6 Å². The molecule has 200 valence electrons. The number of rotatable bonds is 10. The van der Waals surface area contributed by atoms with E-state index >= 15 is 0 Å². The third kappa shape index (κ3) is 8.39. The van der Waals surface area contributed by atoms with Crippen LogP contribution in [-0.4, -0.2) is 11.9 Å². The standard InChI is InChI=1S/C34H35NO4/c1-23-13-24(2)16-31(15-23)33(36)38-21-29-9-5-27(6-10-29)19-35-20-28-7-11-30(12-8-28)22-39-34(37)32-17-25(3)14-26(4)18-32/h5-18,35H,19-22H2,1-4H3. The van der Waals surface area contributed by atoms with Gasteiger partial charge in [0, 0.05) is 13.1 Å². The van der Waals surface area contributed by atoms with Crippen LogP contribution in [0.1, 0.15) is 65.2 Å². The molecule has 0 saturated heterocycles. The summed E-state index contributed by atoms with van der Waals surface area (Å²) in [6, 6.07) is 27.6. The molecule has 1 N–H and O–H groups in total. The zero-order chi connectivity index (χ0) is 27.8. The lowest BCUT2D eigenvalue weighted by Crippen LogP contribution is -2.13. The van der Waals surface area contributed by atoms with E-state index in [-0.39, 0.29) is 25.2 Å². The normalized spacial score (nSPS) is 10.8. The molecule has 39 heavy (non-hydrogen) atoms. The number of hydrogen-bond donors (Lipinski definition) is 1. The predicted molar refractivity (Wildman–Crippen MR) is 153 cm³/mol. The summed E-state index contributed by atoms with van der Waals surface area (Å²) in [6.45, 7) is 9.81. The predicted octanol–water partition coefficient (Wildman–Crippen LogP) is 6.92. The molecule has 0 fully saturated rings. The van der Waals surface area contributed by atoms with Crippen molar-refractivity contribution in [2.24, 2.45) is 0 Å². The molecule has 4 aromatic rings. The molecule has 4 rings (SSSR count). The van der Waals surface area contributed by atoms with Crippen molar-refractivity contribution in [1.29, 1.82) is 0 Å². The van der Waals surface area contributed by atoms with Crippen molar-refractivity contribution in [2.75, 3.05) is 0 Å². The molecular weight excluding hydrogens is 486 g/mol. The molecular formula is C34H35NO4. The van der Waals surface area contributed by atoms with E-state index in [1.165, 1.54) is 0 Å². The fourth-order valence-corrected chi connectivity index (χ4v) is 4.51. The van der Waals surface area contributed by atoms with Gasteiger partial charge in [0.1, 0.15) is 13.2 Å². The number of ether oxygens (including phenoxy) is 2. The largest absolute Gasteiger partial charge is 0.457 e. The summed E-state index contributed by atoms with van der Waals surface area (Å²) in [7, 11) is 0. The van der Waals surface area contributed by atoms with Crippen LogP contribution in [0.25, 0.3) is 0 Å². The van der Waals surface area contributed by atoms with Crippen LogP contribution >= 0.6 is 0 Å². The van der Waals surface area contributed by atoms with Crippen LogP contribution in [0.3, 0.4) is 0 Å². The minimum atomic E-state index is -0.307. The van der Waals surface area contributed by atoms with Crippen molar-refractivity contribution in [3.63, 3.8) is 0 Å². The molecule has 0 heterocycles. The van der Waals surface area contributed by atoms with Gasteiger partial charge in [-0.25, -0.2) is 9.59 Å². The van der Waals surface area contributed by atoms with Crippen molar-refractivity contribution in [1.82, 2.24) is 5.32 Å². The molecule has 0 atom stereocenters. The van der Waals surface area contributed by atoms with E-state index in [9.17, 15) is 9.59 Å². The van der Waals surface area contributed by atoms with Crippen LogP contribution in [0, 0.1) is 27.7 Å². The molecule has 0 radical (unpaired) electrons. The molecule has 0 aliphatic rings. The minimum Gasteiger partial charge on any atom is -0.457 e. The smallest absolute Gasteiger partial charge is 0.338 e. The lowest BCUT2D eigenvalue weighted by atomic mass is 10.1. The number of aryl methyl sites for hydroxylation is 4. The van der Waals surface area contributed by atoms with Crippen molar-refractivity contribution >= 4 is 11.9 Å². The van der Waals surface area contributed by atoms with Crippen LogP contribution in [0.5, 0.6) is 0 Å². The number of nitrogens with one attached hydrogen (secondary N) is 1. The Morgan fingerprint density at radius 3 is 1.15 bits per heavy atom. The molecule has 5 nitrogen and oxygen atoms in total. The summed E-state index contributed by atoms with van der Waals surface area (Å²) in [6.07, 6.45) is 0. The van der Waals surface area contributed by atoms with Crippen molar-refractivity contribution in [3.05, 3.63) is 141 Å². The Labute approximate surface area is 230 Å². The summed E-state index contributed by atoms with van der Waals surface area (Å²) < 4.78 is 11.0. The van der Waals surface area contributed by atoms with Crippen molar-refractivity contribution in [3.8, 4) is 0 Å². The van der Waals surface area contributed by atoms with E-state index in [1.807, 2.05) is 113 Å². The quantitative estimate of drug-likeness (QED) is 0.229. The van der Waals surface area contributed by atoms with E-state index in [0.29, 0.717) is 11.1 Å². The van der Waals surface area contributed by atoms with Gasteiger partial charge in [-0.1, -0.05) is 82.9 Å². The summed E-state index contributed by atoms with van der Waals surface area (Å²) in [5.74, 6) is -0.615. The zero-order valence-corrected chi connectivity index (χ0v) is 23.0. The maximum Gasteiger partial charge on any atom is 0.338 e. The highest BCUT2D eigenvalue weighted by Crippen LogP contribution is 2.14. The van der Waals surface area contributed by atoms with Crippen LogP contribution < -0.4 is 5.32 Å². The van der Waals surface area contributed by atoms with E-state index < -0.39 is 0 Å². The molecule has 5 heteroatoms. The number of esters is 2. The first-order chi connectivity index (χ1) is 18.7. The summed E-state index contributed by atoms with van der Waals surface area (Å²) in [5.41, 5.74) is 9.54. The third-order valence-corrected chi connectivity index (χ3v) is 6.36. The second-order valence-corrected chi connectivity index (χ2v) is 10.1. The van der Waals surface area contributed by atoms with Crippen LogP contribution in [0.15, 0.2) is 84.9 Å². The van der Waals surface area contributed by atoms with Gasteiger partial charge < -0.3 is 14.8 Å². The Kier molecular flexibility index (Phi) is 9.29. The molecule has 0 amide bonds. The van der Waals surface area contributed by atoms with Gasteiger partial charge in [0.25, 0.3) is 0 Å². The van der Waals surface area contributed by atoms with E-state index in [1.54, 1.807) is 0 Å². The molecule has 0 saturated carbocycles. The Morgan fingerprint density at radius 2 is 0.821 bits per heavy atom. The molecule has 0 aromatic heterocycles. The first-order valence-electron chi connectivity index (χ1n) is 13.1. The molecule has 0 aliphatic heterocycles. The monoisotopic (exact) mass is 521 g/mol. The maximum absolute atomic E-state index is 12.4. The van der Waals surface area contributed by atoms with Crippen molar-refractivity contribution < 1.29 is 19.1 Å². The van der Waals surface area contributed by atoms with Gasteiger partial charge in [0.15, 0.2) is 0 Å². The van der Waals surface area contributed by atoms with E-state index in [4.69, 9.17) is 9.47 Å². The Balaban J connectivity index is 1.19. The Morgan fingerprint density at radius 1 is 0.513 bits per heavy atom. The highest BCUT2D eigenvalue weighted by molar-refractivity contribution is 5.90. The topological polar surface area (TPSA) is 64.6 Å². The van der Waals surface area contributed by atoms with Gasteiger partial charge in [-0.05, 0) is 74.2 Å². The number of hydrogen-bond acceptors (Lipinski definition) is 5. The van der Waals surface area contributed by atoms with Gasteiger partial charge in [-0.2, -0.15) is 0 Å². The first-order valence-corrected chi connectivity index (χ1v) is 13.1. The molecule has 4 aromatic carbocycles. The average molecular weight is 522 g/mol. The first kappa shape index (κ1) is 27.8. The molecule has 0 spiro atoms. The lowest BCUT2D eigenvalue weighted by Gasteiger charge is -2.09. The van der Waals surface area contributed by atoms with Gasteiger partial charge >= 0.3 is 11.9 Å². The van der Waals surface area contributed by atoms with E-state index in [2.05, 4.69) is 5.32 Å². The van der Waals surface area contributed by atoms with Gasteiger partial charge in [0.2, 0.25) is 0 Å². The fourth-order valence-electron chi connectivity index (χ4n) is 4.51. The number of benzene rings is 4. The Hall–Kier alpha value is -4.22. The number of carbonyl (C=O) groups excluding carboxylic acids is 2. The average Bonchev–Trinajstić information content (AvgIpc) is 2.90. The summed E-state index contributed by atoms with van der Waals surface area (Å²) in [5, 5.41) is 3.45. The van der Waals surface area contributed by atoms with Gasteiger partial charge in [-0.15, -0.1) is 0 Å². The van der Waals surface area contributed by atoms with Gasteiger partial charge in [0.05, 0.1) is 11.1 Å². The molecule has 0 bridgehead atoms. The van der Waals surface area contributed by atoms with Crippen LogP contribution in [-0.2, 0) is 35.8 Å². The fraction of sp³-hybridized carbons (Fsp3) is 0.235. The highest BCUT2D eigenvalue weighted by Gasteiger charge is 2.10. The highest BCUT2D eigenvalue weighted by atomic mass is 16.5. The minimum absolute atomic E-state index is 0.242. The third-order valence-electron chi connectivity index (χ3n) is 6.36. The Bertz CT molecular complexity index is 1290. The van der Waals surface area contributed by atoms with Crippen LogP contribution in [0.4, 0.5) is 0 Å². The zero-order valence-electron chi connectivity index (χ0n) is 23.0. The second kappa shape index (κ2) is 13.0. The molecule has 0 aliphatic carbocycles. The van der Waals surface area contributed by atoms with Crippen molar-refractivity contribution in [2.45, 2.75) is 54.0 Å². The SMILES string of the molecule is Cc1cc(C)cc(C(=O)OCc2ccc(CNCc3ccc(COC(=O)c4cc(C)cc(C)c4)cc3)cc2)c1. The van der Waals surface area contributed by atoms with Crippen LogP contribution in [0.2, 0.25) is 0 Å². The second-order valence-electron chi connectivity index (χ2n) is 10.1. The molecule has 0 unspecified atom stereocenters. The maximum atomic E-state index is 12.4. The summed E-state index contributed by atoms with van der Waals surface area (Å²) >= 11 is 0.